The van der Waals surface area contributed by atoms with Crippen LogP contribution in [0.4, 0.5) is 0 Å². The lowest BCUT2D eigenvalue weighted by molar-refractivity contribution is -0.146. The van der Waals surface area contributed by atoms with Crippen molar-refractivity contribution in [2.24, 2.45) is 5.73 Å². The highest BCUT2D eigenvalue weighted by Crippen LogP contribution is 2.08. The molecule has 1 unspecified atom stereocenters. The molecule has 0 bridgehead atoms. The van der Waals surface area contributed by atoms with Gasteiger partial charge in [-0.25, -0.2) is 9.78 Å². The largest absolute Gasteiger partial charge is 0.464 e. The second kappa shape index (κ2) is 4.76. The normalized spacial score (nSPS) is 12.5. The van der Waals surface area contributed by atoms with E-state index in [0.29, 0.717) is 13.2 Å². The first-order valence-electron chi connectivity index (χ1n) is 4.58. The predicted octanol–water partition coefficient (Wildman–Crippen LogP) is 0.466. The van der Waals surface area contributed by atoms with Crippen LogP contribution < -0.4 is 5.73 Å². The first kappa shape index (κ1) is 10.7. The lowest BCUT2D eigenvalue weighted by Crippen LogP contribution is -2.18. The minimum Gasteiger partial charge on any atom is -0.464 e. The van der Waals surface area contributed by atoms with Gasteiger partial charge in [-0.1, -0.05) is 0 Å². The second-order valence-corrected chi connectivity index (χ2v) is 2.94. The summed E-state index contributed by atoms with van der Waals surface area (Å²) in [5.41, 5.74) is 6.17. The Hall–Kier alpha value is -1.36. The number of hydrogen-bond donors (Lipinski definition) is 1. The summed E-state index contributed by atoms with van der Waals surface area (Å²) < 4.78 is 6.58. The van der Waals surface area contributed by atoms with Gasteiger partial charge in [0, 0.05) is 12.7 Å². The zero-order valence-electron chi connectivity index (χ0n) is 8.43. The smallest absolute Gasteiger partial charge is 0.328 e. The van der Waals surface area contributed by atoms with Crippen molar-refractivity contribution in [3.05, 3.63) is 18.2 Å². The molecule has 0 aliphatic heterocycles. The molecule has 0 fully saturated rings. The van der Waals surface area contributed by atoms with Crippen LogP contribution in [0.25, 0.3) is 0 Å². The molecule has 14 heavy (non-hydrogen) atoms. The molecule has 2 N–H and O–H groups in total. The maximum atomic E-state index is 11.3. The predicted molar refractivity (Wildman–Crippen MR) is 51.5 cm³/mol. The molecule has 0 aromatic carbocycles. The Morgan fingerprint density at radius 2 is 2.50 bits per heavy atom. The van der Waals surface area contributed by atoms with Crippen molar-refractivity contribution in [3.8, 4) is 0 Å². The first-order valence-corrected chi connectivity index (χ1v) is 4.58. The number of rotatable bonds is 4. The van der Waals surface area contributed by atoms with Gasteiger partial charge in [0.05, 0.1) is 18.6 Å². The van der Waals surface area contributed by atoms with Crippen molar-refractivity contribution >= 4 is 5.97 Å². The second-order valence-electron chi connectivity index (χ2n) is 2.94. The lowest BCUT2D eigenvalue weighted by atomic mass is 10.3. The van der Waals surface area contributed by atoms with Gasteiger partial charge in [-0.2, -0.15) is 0 Å². The molecule has 1 atom stereocenters. The highest BCUT2D eigenvalue weighted by Gasteiger charge is 2.15. The number of nitrogens with zero attached hydrogens (tertiary/aromatic N) is 2. The third kappa shape index (κ3) is 2.32. The molecular formula is C9H15N3O2. The fraction of sp³-hybridized carbons (Fsp3) is 0.556. The van der Waals surface area contributed by atoms with E-state index < -0.39 is 0 Å². The summed E-state index contributed by atoms with van der Waals surface area (Å²) >= 11 is 0. The van der Waals surface area contributed by atoms with Gasteiger partial charge >= 0.3 is 5.97 Å². The summed E-state index contributed by atoms with van der Waals surface area (Å²) in [4.78, 5) is 15.4. The molecule has 0 saturated carbocycles. The van der Waals surface area contributed by atoms with E-state index in [4.69, 9.17) is 10.5 Å². The van der Waals surface area contributed by atoms with E-state index in [1.807, 2.05) is 0 Å². The van der Waals surface area contributed by atoms with Crippen LogP contribution in [0.2, 0.25) is 0 Å². The monoisotopic (exact) mass is 197 g/mol. The van der Waals surface area contributed by atoms with Crippen LogP contribution in [-0.4, -0.2) is 22.1 Å². The molecule has 1 aromatic rings. The van der Waals surface area contributed by atoms with Crippen molar-refractivity contribution in [1.29, 1.82) is 0 Å². The molecule has 0 aliphatic rings. The van der Waals surface area contributed by atoms with Crippen LogP contribution in [0.3, 0.4) is 0 Å². The van der Waals surface area contributed by atoms with Gasteiger partial charge in [0.2, 0.25) is 0 Å². The fourth-order valence-electron chi connectivity index (χ4n) is 1.08. The molecule has 5 heteroatoms. The Morgan fingerprint density at radius 3 is 3.00 bits per heavy atom. The summed E-state index contributed by atoms with van der Waals surface area (Å²) in [6, 6.07) is -0.345. The molecule has 0 amide bonds. The van der Waals surface area contributed by atoms with E-state index in [2.05, 4.69) is 4.98 Å². The van der Waals surface area contributed by atoms with Crippen LogP contribution >= 0.6 is 0 Å². The third-order valence-corrected chi connectivity index (χ3v) is 1.94. The molecule has 1 rings (SSSR count). The van der Waals surface area contributed by atoms with Crippen LogP contribution in [-0.2, 0) is 16.1 Å². The molecule has 0 saturated heterocycles. The quantitative estimate of drug-likeness (QED) is 0.712. The van der Waals surface area contributed by atoms with Crippen LogP contribution in [0, 0.1) is 0 Å². The average molecular weight is 197 g/mol. The molecule has 1 heterocycles. The van der Waals surface area contributed by atoms with E-state index in [9.17, 15) is 4.79 Å². The first-order chi connectivity index (χ1) is 6.69. The molecule has 78 valence electrons. The van der Waals surface area contributed by atoms with E-state index in [-0.39, 0.29) is 12.0 Å². The summed E-state index contributed by atoms with van der Waals surface area (Å²) in [5, 5.41) is 0. The van der Waals surface area contributed by atoms with Crippen LogP contribution in [0.1, 0.15) is 25.6 Å². The third-order valence-electron chi connectivity index (χ3n) is 1.94. The highest BCUT2D eigenvalue weighted by molar-refractivity contribution is 5.73. The van der Waals surface area contributed by atoms with E-state index in [1.54, 1.807) is 30.9 Å². The van der Waals surface area contributed by atoms with Crippen molar-refractivity contribution in [2.75, 3.05) is 6.61 Å². The Kier molecular flexibility index (Phi) is 3.64. The van der Waals surface area contributed by atoms with E-state index in [1.165, 1.54) is 0 Å². The SMILES string of the molecule is CCOC(=O)C(C)n1cnc(CN)c1. The minimum absolute atomic E-state index is 0.256. The zero-order valence-corrected chi connectivity index (χ0v) is 8.43. The standard InChI is InChI=1S/C9H15N3O2/c1-3-14-9(13)7(2)12-5-8(4-10)11-6-12/h5-7H,3-4,10H2,1-2H3. The van der Waals surface area contributed by atoms with Crippen molar-refractivity contribution < 1.29 is 9.53 Å². The number of imidazole rings is 1. The van der Waals surface area contributed by atoms with Gasteiger partial charge in [0.25, 0.3) is 0 Å². The minimum atomic E-state index is -0.345. The number of hydrogen-bond acceptors (Lipinski definition) is 4. The molecule has 0 spiro atoms. The number of aromatic nitrogens is 2. The van der Waals surface area contributed by atoms with Gasteiger partial charge in [-0.05, 0) is 13.8 Å². The molecule has 1 aromatic heterocycles. The summed E-state index contributed by atoms with van der Waals surface area (Å²) in [6.07, 6.45) is 3.34. The molecular weight excluding hydrogens is 182 g/mol. The highest BCUT2D eigenvalue weighted by atomic mass is 16.5. The summed E-state index contributed by atoms with van der Waals surface area (Å²) in [7, 11) is 0. The van der Waals surface area contributed by atoms with Gasteiger partial charge in [0.1, 0.15) is 6.04 Å². The number of nitrogens with two attached hydrogens (primary N) is 1. The fourth-order valence-corrected chi connectivity index (χ4v) is 1.08. The number of carbonyl (C=O) groups is 1. The number of carbonyl (C=O) groups excluding carboxylic acids is 1. The average Bonchev–Trinajstić information content (AvgIpc) is 2.65. The number of esters is 1. The van der Waals surface area contributed by atoms with Crippen molar-refractivity contribution in [3.63, 3.8) is 0 Å². The van der Waals surface area contributed by atoms with Gasteiger partial charge in [-0.15, -0.1) is 0 Å². The summed E-state index contributed by atoms with van der Waals surface area (Å²) in [5.74, 6) is -0.256. The van der Waals surface area contributed by atoms with Crippen LogP contribution in [0.5, 0.6) is 0 Å². The van der Waals surface area contributed by atoms with Crippen molar-refractivity contribution in [1.82, 2.24) is 9.55 Å². The van der Waals surface area contributed by atoms with Gasteiger partial charge < -0.3 is 15.0 Å². The molecule has 5 nitrogen and oxygen atoms in total. The van der Waals surface area contributed by atoms with Gasteiger partial charge in [-0.3, -0.25) is 0 Å². The van der Waals surface area contributed by atoms with E-state index in [0.717, 1.165) is 5.69 Å². The van der Waals surface area contributed by atoms with Gasteiger partial charge in [0.15, 0.2) is 0 Å². The van der Waals surface area contributed by atoms with Crippen LogP contribution in [0.15, 0.2) is 12.5 Å². The van der Waals surface area contributed by atoms with Crippen molar-refractivity contribution in [2.45, 2.75) is 26.4 Å². The Labute approximate surface area is 82.9 Å². The topological polar surface area (TPSA) is 70.1 Å². The maximum Gasteiger partial charge on any atom is 0.328 e. The number of ether oxygens (including phenoxy) is 1. The Morgan fingerprint density at radius 1 is 1.79 bits per heavy atom. The molecule has 0 radical (unpaired) electrons. The van der Waals surface area contributed by atoms with E-state index >= 15 is 0 Å². The Bertz CT molecular complexity index is 309. The molecule has 0 aliphatic carbocycles. The zero-order chi connectivity index (χ0) is 10.6. The Balaban J connectivity index is 2.68. The summed E-state index contributed by atoms with van der Waals surface area (Å²) in [6.45, 7) is 4.31. The lowest BCUT2D eigenvalue weighted by Gasteiger charge is -2.10. The maximum absolute atomic E-state index is 11.3.